The van der Waals surface area contributed by atoms with E-state index in [0.717, 1.165) is 38.7 Å². The molecule has 0 aliphatic heterocycles. The number of hydrogen-bond acceptors (Lipinski definition) is 1. The van der Waals surface area contributed by atoms with E-state index in [-0.39, 0.29) is 5.82 Å². The fourth-order valence-electron chi connectivity index (χ4n) is 4.08. The Kier molecular flexibility index (Phi) is 4.11. The number of hydrogen-bond donors (Lipinski definition) is 0. The molecule has 0 unspecified atom stereocenters. The molecule has 30 heavy (non-hydrogen) atoms. The number of benzene rings is 3. The topological polar surface area (TPSA) is 21.4 Å². The molecule has 4 heteroatoms. The maximum absolute atomic E-state index is 14.1. The van der Waals surface area contributed by atoms with E-state index in [1.165, 1.54) is 12.1 Å². The molecular weight excluding hydrogens is 375 g/mol. The van der Waals surface area contributed by atoms with Crippen LogP contribution in [0.2, 0.25) is 0 Å². The number of halogens is 1. The third-order valence-corrected chi connectivity index (χ3v) is 5.55. The summed E-state index contributed by atoms with van der Waals surface area (Å²) in [6.07, 6.45) is 1.71. The molecule has 0 fully saturated rings. The van der Waals surface area contributed by atoms with E-state index >= 15 is 0 Å². The quantitative estimate of drug-likeness (QED) is 0.240. The molecule has 0 atom stereocenters. The van der Waals surface area contributed by atoms with Crippen LogP contribution in [0, 0.1) is 19.3 Å². The number of furan rings is 1. The molecule has 0 bridgehead atoms. The Balaban J connectivity index is 1.93. The van der Waals surface area contributed by atoms with Gasteiger partial charge in [0.1, 0.15) is 24.0 Å². The van der Waals surface area contributed by atoms with Crippen molar-refractivity contribution in [1.82, 2.24) is 0 Å². The number of aryl methyl sites for hydroxylation is 2. The first-order valence-corrected chi connectivity index (χ1v) is 9.65. The Labute approximate surface area is 173 Å². The number of aromatic nitrogens is 1. The van der Waals surface area contributed by atoms with Crippen LogP contribution in [0.3, 0.4) is 0 Å². The maximum Gasteiger partial charge on any atom is 0.219 e. The van der Waals surface area contributed by atoms with Crippen molar-refractivity contribution >= 4 is 27.6 Å². The molecule has 0 saturated heterocycles. The molecular formula is C26H18FN2O+. The van der Waals surface area contributed by atoms with E-state index in [1.54, 1.807) is 6.20 Å². The summed E-state index contributed by atoms with van der Waals surface area (Å²) in [6, 6.07) is 20.6. The number of pyridine rings is 1. The molecule has 5 rings (SSSR count). The number of rotatable bonds is 2. The standard InChI is InChI=1S/C26H18FN2O/c1-16-9-10-19-20-11-12-21(28-2)24(17-7-5-4-6-8-17)26(20)30-25(19)23(16)22-15-18(27)13-14-29(22)3/h4-15H,1,3H3/q+1. The molecule has 3 aromatic carbocycles. The summed E-state index contributed by atoms with van der Waals surface area (Å²) in [5.41, 5.74) is 6.23. The van der Waals surface area contributed by atoms with E-state index in [9.17, 15) is 4.39 Å². The summed E-state index contributed by atoms with van der Waals surface area (Å²) in [5.74, 6) is -0.295. The minimum absolute atomic E-state index is 0.295. The van der Waals surface area contributed by atoms with Gasteiger partial charge in [-0.25, -0.2) is 13.8 Å². The monoisotopic (exact) mass is 393 g/mol. The highest BCUT2D eigenvalue weighted by atomic mass is 19.1. The van der Waals surface area contributed by atoms with Crippen LogP contribution in [0.4, 0.5) is 10.1 Å². The van der Waals surface area contributed by atoms with E-state index in [4.69, 9.17) is 11.0 Å². The zero-order chi connectivity index (χ0) is 20.8. The maximum atomic E-state index is 14.1. The van der Waals surface area contributed by atoms with Gasteiger partial charge >= 0.3 is 0 Å². The Bertz CT molecular complexity index is 1480. The van der Waals surface area contributed by atoms with E-state index < -0.39 is 0 Å². The average molecular weight is 393 g/mol. The second-order valence-electron chi connectivity index (χ2n) is 7.39. The summed E-state index contributed by atoms with van der Waals surface area (Å²) in [7, 11) is 1.89. The van der Waals surface area contributed by atoms with Gasteiger partial charge in [0, 0.05) is 28.5 Å². The van der Waals surface area contributed by atoms with Crippen molar-refractivity contribution in [1.29, 1.82) is 0 Å². The van der Waals surface area contributed by atoms with Gasteiger partial charge in [0.2, 0.25) is 5.69 Å². The minimum atomic E-state index is -0.295. The normalized spacial score (nSPS) is 11.1. The lowest BCUT2D eigenvalue weighted by Crippen LogP contribution is -2.30. The van der Waals surface area contributed by atoms with Gasteiger partial charge in [-0.1, -0.05) is 54.6 Å². The molecule has 0 saturated carbocycles. The first-order chi connectivity index (χ1) is 14.6. The summed E-state index contributed by atoms with van der Waals surface area (Å²) in [5, 5.41) is 1.89. The molecule has 0 spiro atoms. The average Bonchev–Trinajstić information content (AvgIpc) is 3.14. The van der Waals surface area contributed by atoms with Gasteiger partial charge < -0.3 is 4.42 Å². The smallest absolute Gasteiger partial charge is 0.219 e. The van der Waals surface area contributed by atoms with E-state index in [2.05, 4.69) is 4.85 Å². The predicted molar refractivity (Wildman–Crippen MR) is 117 cm³/mol. The highest BCUT2D eigenvalue weighted by Crippen LogP contribution is 2.44. The predicted octanol–water partition coefficient (Wildman–Crippen LogP) is 6.74. The van der Waals surface area contributed by atoms with Crippen LogP contribution in [-0.4, -0.2) is 0 Å². The molecule has 144 valence electrons. The first kappa shape index (κ1) is 18.1. The third-order valence-electron chi connectivity index (χ3n) is 5.55. The van der Waals surface area contributed by atoms with Crippen molar-refractivity contribution < 1.29 is 13.4 Å². The lowest BCUT2D eigenvalue weighted by atomic mass is 9.98. The molecule has 2 aromatic heterocycles. The summed E-state index contributed by atoms with van der Waals surface area (Å²) in [4.78, 5) is 3.73. The van der Waals surface area contributed by atoms with Crippen molar-refractivity contribution in [2.45, 2.75) is 6.92 Å². The van der Waals surface area contributed by atoms with Crippen molar-refractivity contribution in [2.75, 3.05) is 0 Å². The van der Waals surface area contributed by atoms with Gasteiger partial charge in [-0.3, -0.25) is 0 Å². The Morgan fingerprint density at radius 1 is 0.900 bits per heavy atom. The molecule has 2 heterocycles. The van der Waals surface area contributed by atoms with Crippen LogP contribution in [0.1, 0.15) is 5.56 Å². The van der Waals surface area contributed by atoms with Gasteiger partial charge in [-0.15, -0.1) is 0 Å². The van der Waals surface area contributed by atoms with E-state index in [0.29, 0.717) is 16.9 Å². The zero-order valence-corrected chi connectivity index (χ0v) is 16.6. The first-order valence-electron chi connectivity index (χ1n) is 9.65. The largest absolute Gasteiger partial charge is 0.456 e. The lowest BCUT2D eigenvalue weighted by Gasteiger charge is -2.05. The van der Waals surface area contributed by atoms with Crippen LogP contribution in [0.25, 0.3) is 49.2 Å². The van der Waals surface area contributed by atoms with Gasteiger partial charge in [0.25, 0.3) is 0 Å². The van der Waals surface area contributed by atoms with Crippen LogP contribution in [-0.2, 0) is 7.05 Å². The van der Waals surface area contributed by atoms with Crippen LogP contribution in [0.15, 0.2) is 77.3 Å². The van der Waals surface area contributed by atoms with Crippen molar-refractivity contribution in [3.05, 3.63) is 95.7 Å². The molecule has 0 N–H and O–H groups in total. The van der Waals surface area contributed by atoms with Crippen molar-refractivity contribution in [3.63, 3.8) is 0 Å². The zero-order valence-electron chi connectivity index (χ0n) is 16.6. The second kappa shape index (κ2) is 6.82. The second-order valence-corrected chi connectivity index (χ2v) is 7.39. The Morgan fingerprint density at radius 2 is 1.60 bits per heavy atom. The van der Waals surface area contributed by atoms with Gasteiger partial charge in [-0.2, -0.15) is 0 Å². The van der Waals surface area contributed by atoms with Crippen molar-refractivity contribution in [3.8, 4) is 22.4 Å². The van der Waals surface area contributed by atoms with Gasteiger partial charge in [0.15, 0.2) is 11.9 Å². The molecule has 0 aliphatic rings. The highest BCUT2D eigenvalue weighted by Gasteiger charge is 2.23. The third kappa shape index (κ3) is 2.67. The van der Waals surface area contributed by atoms with E-state index in [1.807, 2.05) is 73.1 Å². The van der Waals surface area contributed by atoms with Crippen LogP contribution >= 0.6 is 0 Å². The number of fused-ring (bicyclic) bond motifs is 3. The summed E-state index contributed by atoms with van der Waals surface area (Å²) in [6.45, 7) is 9.64. The van der Waals surface area contributed by atoms with Gasteiger partial charge in [0.05, 0.1) is 12.1 Å². The fraction of sp³-hybridized carbons (Fsp3) is 0.0769. The van der Waals surface area contributed by atoms with Gasteiger partial charge in [-0.05, 0) is 18.1 Å². The lowest BCUT2D eigenvalue weighted by molar-refractivity contribution is -0.660. The molecule has 0 radical (unpaired) electrons. The Morgan fingerprint density at radius 3 is 2.33 bits per heavy atom. The molecule has 3 nitrogen and oxygen atoms in total. The fourth-order valence-corrected chi connectivity index (χ4v) is 4.08. The van der Waals surface area contributed by atoms with Crippen LogP contribution in [0.5, 0.6) is 0 Å². The molecule has 0 aliphatic carbocycles. The van der Waals surface area contributed by atoms with Crippen LogP contribution < -0.4 is 4.57 Å². The molecule has 5 aromatic rings. The summed E-state index contributed by atoms with van der Waals surface area (Å²) < 4.78 is 22.4. The SMILES string of the molecule is [C-]#[N+]c1ccc2c(oc3c(-c4cc(F)cc[n+]4C)c(C)ccc32)c1-c1ccccc1. The number of nitrogens with zero attached hydrogens (tertiary/aromatic N) is 2. The van der Waals surface area contributed by atoms with Crippen molar-refractivity contribution in [2.24, 2.45) is 7.05 Å². The highest BCUT2D eigenvalue weighted by molar-refractivity contribution is 6.15. The minimum Gasteiger partial charge on any atom is -0.456 e. The summed E-state index contributed by atoms with van der Waals surface area (Å²) >= 11 is 0. The molecule has 0 amide bonds. The Hall–Kier alpha value is -3.97.